The summed E-state index contributed by atoms with van der Waals surface area (Å²) in [5.41, 5.74) is 5.00. The molecular weight excluding hydrogens is 459 g/mol. The number of nitrogens with zero attached hydrogens (tertiary/aromatic N) is 1. The van der Waals surface area contributed by atoms with Crippen molar-refractivity contribution in [1.82, 2.24) is 9.71 Å². The molecule has 8 nitrogen and oxygen atoms in total. The van der Waals surface area contributed by atoms with Crippen LogP contribution in [0.2, 0.25) is 0 Å². The van der Waals surface area contributed by atoms with E-state index in [1.165, 1.54) is 37.5 Å². The topological polar surface area (TPSA) is 126 Å². The van der Waals surface area contributed by atoms with Gasteiger partial charge in [-0.2, -0.15) is 8.42 Å². The van der Waals surface area contributed by atoms with Crippen LogP contribution >= 0.6 is 0 Å². The Labute approximate surface area is 188 Å². The SMILES string of the molecule is CNS(=O)(=O)Nc1cc(Cc2cc(C(N)=O)c(Nc3ccc(C)cc3F)c(F)c2F)ccn1. The van der Waals surface area contributed by atoms with Gasteiger partial charge in [-0.15, -0.1) is 0 Å². The fourth-order valence-electron chi connectivity index (χ4n) is 3.03. The fourth-order valence-corrected chi connectivity index (χ4v) is 3.52. The number of rotatable bonds is 8. The Bertz CT molecular complexity index is 1330. The highest BCUT2D eigenvalue weighted by Gasteiger charge is 2.23. The van der Waals surface area contributed by atoms with Crippen molar-refractivity contribution in [2.45, 2.75) is 13.3 Å². The molecule has 1 amide bonds. The third kappa shape index (κ3) is 5.59. The number of primary amides is 1. The molecule has 0 bridgehead atoms. The van der Waals surface area contributed by atoms with Gasteiger partial charge in [0.15, 0.2) is 11.6 Å². The average Bonchev–Trinajstić information content (AvgIpc) is 2.74. The zero-order chi connectivity index (χ0) is 24.3. The summed E-state index contributed by atoms with van der Waals surface area (Å²) in [5.74, 6) is -4.51. The molecule has 0 saturated carbocycles. The first kappa shape index (κ1) is 24.0. The molecule has 174 valence electrons. The van der Waals surface area contributed by atoms with E-state index in [2.05, 4.69) is 19.7 Å². The molecule has 33 heavy (non-hydrogen) atoms. The zero-order valence-electron chi connectivity index (χ0n) is 17.5. The first-order valence-corrected chi connectivity index (χ1v) is 11.0. The second-order valence-corrected chi connectivity index (χ2v) is 8.71. The maximum absolute atomic E-state index is 14.9. The van der Waals surface area contributed by atoms with E-state index in [9.17, 15) is 26.4 Å². The summed E-state index contributed by atoms with van der Waals surface area (Å²) < 4.78 is 71.5. The van der Waals surface area contributed by atoms with Crippen molar-refractivity contribution >= 4 is 33.3 Å². The quantitative estimate of drug-likeness (QED) is 0.395. The van der Waals surface area contributed by atoms with Crippen molar-refractivity contribution in [2.75, 3.05) is 17.1 Å². The lowest BCUT2D eigenvalue weighted by Crippen LogP contribution is -2.26. The van der Waals surface area contributed by atoms with E-state index in [0.717, 1.165) is 6.07 Å². The Morgan fingerprint density at radius 3 is 2.45 bits per heavy atom. The number of hydrogen-bond acceptors (Lipinski definition) is 5. The first-order valence-electron chi connectivity index (χ1n) is 9.50. The number of benzene rings is 2. The van der Waals surface area contributed by atoms with Gasteiger partial charge in [-0.1, -0.05) is 6.07 Å². The molecule has 0 aliphatic carbocycles. The number of aromatic nitrogens is 1. The molecule has 0 unspecified atom stereocenters. The van der Waals surface area contributed by atoms with Crippen molar-refractivity contribution in [3.05, 3.63) is 82.3 Å². The Morgan fingerprint density at radius 1 is 1.09 bits per heavy atom. The van der Waals surface area contributed by atoms with Crippen molar-refractivity contribution < 1.29 is 26.4 Å². The molecular formula is C21H20F3N5O3S. The molecule has 0 fully saturated rings. The van der Waals surface area contributed by atoms with Crippen LogP contribution in [0.1, 0.15) is 27.0 Å². The van der Waals surface area contributed by atoms with E-state index < -0.39 is 39.3 Å². The first-order chi connectivity index (χ1) is 15.5. The summed E-state index contributed by atoms with van der Waals surface area (Å²) in [6, 6.07) is 7.92. The number of anilines is 3. The van der Waals surface area contributed by atoms with Crippen LogP contribution in [0, 0.1) is 24.4 Å². The monoisotopic (exact) mass is 479 g/mol. The van der Waals surface area contributed by atoms with Crippen molar-refractivity contribution in [1.29, 1.82) is 0 Å². The lowest BCUT2D eigenvalue weighted by molar-refractivity contribution is 0.100. The van der Waals surface area contributed by atoms with Crippen LogP contribution in [-0.4, -0.2) is 26.4 Å². The second-order valence-electron chi connectivity index (χ2n) is 7.09. The summed E-state index contributed by atoms with van der Waals surface area (Å²) in [4.78, 5) is 15.8. The molecule has 0 aliphatic rings. The van der Waals surface area contributed by atoms with E-state index in [-0.39, 0.29) is 29.1 Å². The zero-order valence-corrected chi connectivity index (χ0v) is 18.4. The van der Waals surface area contributed by atoms with Crippen LogP contribution in [0.5, 0.6) is 0 Å². The standard InChI is InChI=1S/C21H20F3N5O3S/c1-11-3-4-16(15(22)7-11)28-20-14(21(25)30)10-13(18(23)19(20)24)8-12-5-6-27-17(9-12)29-33(31,32)26-2/h3-7,9-10,26,28H,8H2,1-2H3,(H2,25,30)(H,27,29). The molecule has 12 heteroatoms. The number of hydrogen-bond donors (Lipinski definition) is 4. The minimum atomic E-state index is -3.83. The van der Waals surface area contributed by atoms with Gasteiger partial charge in [-0.3, -0.25) is 9.52 Å². The molecule has 0 saturated heterocycles. The maximum atomic E-state index is 14.9. The highest BCUT2D eigenvalue weighted by atomic mass is 32.2. The summed E-state index contributed by atoms with van der Waals surface area (Å²) in [5, 5.41) is 2.41. The maximum Gasteiger partial charge on any atom is 0.300 e. The van der Waals surface area contributed by atoms with Crippen LogP contribution in [0.25, 0.3) is 0 Å². The molecule has 0 atom stereocenters. The van der Waals surface area contributed by atoms with E-state index >= 15 is 0 Å². The average molecular weight is 479 g/mol. The fraction of sp³-hybridized carbons (Fsp3) is 0.143. The Morgan fingerprint density at radius 2 is 1.82 bits per heavy atom. The third-order valence-corrected chi connectivity index (χ3v) is 5.67. The van der Waals surface area contributed by atoms with Gasteiger partial charge in [0.05, 0.1) is 16.9 Å². The van der Waals surface area contributed by atoms with Crippen LogP contribution in [0.4, 0.5) is 30.4 Å². The van der Waals surface area contributed by atoms with E-state index in [4.69, 9.17) is 5.73 Å². The highest BCUT2D eigenvalue weighted by Crippen LogP contribution is 2.31. The summed E-state index contributed by atoms with van der Waals surface area (Å²) in [6.07, 6.45) is 1.07. The number of amides is 1. The van der Waals surface area contributed by atoms with Crippen LogP contribution < -0.4 is 20.5 Å². The normalized spacial score (nSPS) is 11.3. The smallest absolute Gasteiger partial charge is 0.300 e. The summed E-state index contributed by atoms with van der Waals surface area (Å²) in [7, 11) is -2.63. The molecule has 3 rings (SSSR count). The van der Waals surface area contributed by atoms with E-state index in [1.807, 2.05) is 0 Å². The molecule has 0 spiro atoms. The number of halogens is 3. The number of aryl methyl sites for hydroxylation is 1. The van der Waals surface area contributed by atoms with Gasteiger partial charge in [0.25, 0.3) is 16.1 Å². The van der Waals surface area contributed by atoms with Gasteiger partial charge in [0.2, 0.25) is 0 Å². The number of pyridine rings is 1. The summed E-state index contributed by atoms with van der Waals surface area (Å²) in [6.45, 7) is 1.66. The van der Waals surface area contributed by atoms with Gasteiger partial charge in [0.1, 0.15) is 11.6 Å². The number of carbonyl (C=O) groups is 1. The summed E-state index contributed by atoms with van der Waals surface area (Å²) >= 11 is 0. The van der Waals surface area contributed by atoms with Gasteiger partial charge in [-0.25, -0.2) is 22.9 Å². The van der Waals surface area contributed by atoms with Crippen LogP contribution in [0.15, 0.2) is 42.6 Å². The second kappa shape index (κ2) is 9.46. The molecule has 3 aromatic rings. The predicted octanol–water partition coefficient (Wildman–Crippen LogP) is 3.12. The lowest BCUT2D eigenvalue weighted by Gasteiger charge is -2.16. The van der Waals surface area contributed by atoms with Crippen molar-refractivity contribution in [3.63, 3.8) is 0 Å². The van der Waals surface area contributed by atoms with Crippen LogP contribution in [0.3, 0.4) is 0 Å². The molecule has 1 heterocycles. The number of carbonyl (C=O) groups excluding carboxylic acids is 1. The molecule has 2 aromatic carbocycles. The van der Waals surface area contributed by atoms with Gasteiger partial charge >= 0.3 is 0 Å². The largest absolute Gasteiger partial charge is 0.366 e. The highest BCUT2D eigenvalue weighted by molar-refractivity contribution is 7.90. The van der Waals surface area contributed by atoms with Gasteiger partial charge in [-0.05, 0) is 53.9 Å². The minimum absolute atomic E-state index is 0.0500. The Hall–Kier alpha value is -3.64. The van der Waals surface area contributed by atoms with Crippen molar-refractivity contribution in [3.8, 4) is 0 Å². The lowest BCUT2D eigenvalue weighted by atomic mass is 10.00. The van der Waals surface area contributed by atoms with Crippen LogP contribution in [-0.2, 0) is 16.6 Å². The van der Waals surface area contributed by atoms with Gasteiger partial charge in [0, 0.05) is 19.7 Å². The molecule has 0 radical (unpaired) electrons. The minimum Gasteiger partial charge on any atom is -0.366 e. The Balaban J connectivity index is 1.99. The molecule has 1 aromatic heterocycles. The van der Waals surface area contributed by atoms with Gasteiger partial charge < -0.3 is 11.1 Å². The van der Waals surface area contributed by atoms with E-state index in [0.29, 0.717) is 11.1 Å². The van der Waals surface area contributed by atoms with E-state index in [1.54, 1.807) is 13.0 Å². The predicted molar refractivity (Wildman–Crippen MR) is 118 cm³/mol. The van der Waals surface area contributed by atoms with Crippen molar-refractivity contribution in [2.24, 2.45) is 5.73 Å². The molecule has 5 N–H and O–H groups in total. The molecule has 0 aliphatic heterocycles. The number of nitrogens with one attached hydrogen (secondary N) is 3. The number of nitrogens with two attached hydrogens (primary N) is 1. The Kier molecular flexibility index (Phi) is 6.89. The third-order valence-electron chi connectivity index (χ3n) is 4.66.